The lowest BCUT2D eigenvalue weighted by molar-refractivity contribution is 0.0948. The number of hydrogen-bond donors (Lipinski definition) is 3. The van der Waals surface area contributed by atoms with E-state index in [1.54, 1.807) is 6.20 Å². The zero-order valence-corrected chi connectivity index (χ0v) is 11.2. The van der Waals surface area contributed by atoms with E-state index in [-0.39, 0.29) is 5.91 Å². The van der Waals surface area contributed by atoms with Crippen LogP contribution in [0.1, 0.15) is 21.6 Å². The van der Waals surface area contributed by atoms with E-state index < -0.39 is 0 Å². The van der Waals surface area contributed by atoms with Crippen LogP contribution < -0.4 is 5.32 Å². The molecule has 1 amide bonds. The second kappa shape index (κ2) is 5.21. The molecule has 3 aromatic rings. The Kier molecular flexibility index (Phi) is 3.25. The average Bonchev–Trinajstić information content (AvgIpc) is 3.05. The average molecular weight is 268 g/mol. The van der Waals surface area contributed by atoms with Gasteiger partial charge >= 0.3 is 0 Å². The van der Waals surface area contributed by atoms with Gasteiger partial charge in [-0.05, 0) is 30.5 Å². The first-order chi connectivity index (χ1) is 9.75. The van der Waals surface area contributed by atoms with Crippen molar-refractivity contribution in [3.05, 3.63) is 53.5 Å². The minimum absolute atomic E-state index is 0.111. The Labute approximate surface area is 116 Å². The van der Waals surface area contributed by atoms with Crippen LogP contribution in [0.3, 0.4) is 0 Å². The van der Waals surface area contributed by atoms with Crippen LogP contribution in [0.25, 0.3) is 10.9 Å². The summed E-state index contributed by atoms with van der Waals surface area (Å²) in [6, 6.07) is 8.16. The summed E-state index contributed by atoms with van der Waals surface area (Å²) in [7, 11) is 0. The molecule has 0 bridgehead atoms. The van der Waals surface area contributed by atoms with Gasteiger partial charge in [-0.25, -0.2) is 0 Å². The summed E-state index contributed by atoms with van der Waals surface area (Å²) >= 11 is 0. The van der Waals surface area contributed by atoms with Gasteiger partial charge in [-0.3, -0.25) is 9.89 Å². The first-order valence-electron chi connectivity index (χ1n) is 6.59. The minimum Gasteiger partial charge on any atom is -0.361 e. The van der Waals surface area contributed by atoms with Gasteiger partial charge < -0.3 is 10.3 Å². The quantitative estimate of drug-likeness (QED) is 0.678. The Balaban J connectivity index is 1.63. The number of hydrogen-bond acceptors (Lipinski definition) is 2. The first kappa shape index (κ1) is 12.5. The van der Waals surface area contributed by atoms with Crippen molar-refractivity contribution in [2.75, 3.05) is 6.54 Å². The number of aromatic nitrogens is 3. The molecular formula is C15H16N4O. The van der Waals surface area contributed by atoms with E-state index in [1.165, 1.54) is 10.9 Å². The van der Waals surface area contributed by atoms with E-state index in [2.05, 4.69) is 26.6 Å². The van der Waals surface area contributed by atoms with Crippen molar-refractivity contribution in [2.24, 2.45) is 0 Å². The molecule has 3 rings (SSSR count). The third-order valence-corrected chi connectivity index (χ3v) is 3.41. The van der Waals surface area contributed by atoms with Crippen molar-refractivity contribution in [3.8, 4) is 0 Å². The smallest absolute Gasteiger partial charge is 0.269 e. The van der Waals surface area contributed by atoms with Gasteiger partial charge in [-0.15, -0.1) is 0 Å². The summed E-state index contributed by atoms with van der Waals surface area (Å²) in [4.78, 5) is 15.2. The molecule has 0 saturated heterocycles. The number of aromatic amines is 2. The number of rotatable bonds is 4. The largest absolute Gasteiger partial charge is 0.361 e. The van der Waals surface area contributed by atoms with Crippen LogP contribution in [0.2, 0.25) is 0 Å². The lowest BCUT2D eigenvalue weighted by Gasteiger charge is -2.04. The molecule has 3 N–H and O–H groups in total. The lowest BCUT2D eigenvalue weighted by Crippen LogP contribution is -2.26. The molecule has 5 nitrogen and oxygen atoms in total. The molecule has 0 spiro atoms. The number of nitrogens with one attached hydrogen (secondary N) is 3. The van der Waals surface area contributed by atoms with E-state index >= 15 is 0 Å². The molecule has 0 aliphatic carbocycles. The number of nitrogens with zero attached hydrogens (tertiary/aromatic N) is 1. The fourth-order valence-corrected chi connectivity index (χ4v) is 2.31. The molecule has 0 fully saturated rings. The molecule has 2 heterocycles. The van der Waals surface area contributed by atoms with Gasteiger partial charge in [0.25, 0.3) is 5.91 Å². The maximum absolute atomic E-state index is 11.9. The molecule has 102 valence electrons. The maximum Gasteiger partial charge on any atom is 0.269 e. The summed E-state index contributed by atoms with van der Waals surface area (Å²) in [6.45, 7) is 2.46. The summed E-state index contributed by atoms with van der Waals surface area (Å²) in [5, 5.41) is 10.7. The van der Waals surface area contributed by atoms with Gasteiger partial charge in [0.15, 0.2) is 0 Å². The molecule has 2 aromatic heterocycles. The van der Waals surface area contributed by atoms with Gasteiger partial charge in [-0.2, -0.15) is 5.10 Å². The Bertz CT molecular complexity index is 741. The zero-order chi connectivity index (χ0) is 13.9. The predicted molar refractivity (Wildman–Crippen MR) is 77.7 cm³/mol. The van der Waals surface area contributed by atoms with Gasteiger partial charge in [0.1, 0.15) is 5.69 Å². The summed E-state index contributed by atoms with van der Waals surface area (Å²) in [5.74, 6) is -0.111. The van der Waals surface area contributed by atoms with Crippen molar-refractivity contribution in [1.29, 1.82) is 0 Å². The molecule has 0 radical (unpaired) electrons. The van der Waals surface area contributed by atoms with Crippen molar-refractivity contribution >= 4 is 16.8 Å². The number of para-hydroxylation sites is 1. The fraction of sp³-hybridized carbons (Fsp3) is 0.200. The normalized spacial score (nSPS) is 10.8. The van der Waals surface area contributed by atoms with Crippen LogP contribution in [-0.2, 0) is 6.42 Å². The summed E-state index contributed by atoms with van der Waals surface area (Å²) in [5.41, 5.74) is 3.72. The second-order valence-corrected chi connectivity index (χ2v) is 4.79. The SMILES string of the molecule is Cc1cn[nH]c1C(=O)NCCc1c[nH]c2ccccc12. The Morgan fingerprint density at radius 1 is 1.35 bits per heavy atom. The van der Waals surface area contributed by atoms with Crippen molar-refractivity contribution in [2.45, 2.75) is 13.3 Å². The highest BCUT2D eigenvalue weighted by atomic mass is 16.1. The van der Waals surface area contributed by atoms with Crippen molar-refractivity contribution in [1.82, 2.24) is 20.5 Å². The molecular weight excluding hydrogens is 252 g/mol. The third kappa shape index (κ3) is 2.30. The molecule has 5 heteroatoms. The number of fused-ring (bicyclic) bond motifs is 1. The van der Waals surface area contributed by atoms with Crippen LogP contribution in [0.4, 0.5) is 0 Å². The highest BCUT2D eigenvalue weighted by Crippen LogP contribution is 2.17. The predicted octanol–water partition coefficient (Wildman–Crippen LogP) is 2.17. The number of carbonyl (C=O) groups is 1. The highest BCUT2D eigenvalue weighted by molar-refractivity contribution is 5.93. The standard InChI is InChI=1S/C15H16N4O/c1-10-8-18-19-14(10)15(20)16-7-6-11-9-17-13-5-3-2-4-12(11)13/h2-5,8-9,17H,6-7H2,1H3,(H,16,20)(H,18,19). The summed E-state index contributed by atoms with van der Waals surface area (Å²) in [6.07, 6.45) is 4.44. The monoisotopic (exact) mass is 268 g/mol. The molecule has 0 aliphatic heterocycles. The van der Waals surface area contributed by atoms with Crippen molar-refractivity contribution in [3.63, 3.8) is 0 Å². The van der Waals surface area contributed by atoms with Gasteiger partial charge in [0.2, 0.25) is 0 Å². The Morgan fingerprint density at radius 3 is 3.00 bits per heavy atom. The second-order valence-electron chi connectivity index (χ2n) is 4.79. The van der Waals surface area contributed by atoms with Gasteiger partial charge in [0.05, 0.1) is 6.20 Å². The van der Waals surface area contributed by atoms with E-state index in [0.717, 1.165) is 17.5 Å². The number of amides is 1. The van der Waals surface area contributed by atoms with Crippen LogP contribution in [0.15, 0.2) is 36.7 Å². The van der Waals surface area contributed by atoms with Gasteiger partial charge in [-0.1, -0.05) is 18.2 Å². The van der Waals surface area contributed by atoms with Gasteiger partial charge in [0, 0.05) is 23.6 Å². The van der Waals surface area contributed by atoms with Crippen LogP contribution in [0, 0.1) is 6.92 Å². The Hall–Kier alpha value is -2.56. The molecule has 0 aliphatic rings. The van der Waals surface area contributed by atoms with Crippen LogP contribution in [-0.4, -0.2) is 27.6 Å². The fourth-order valence-electron chi connectivity index (χ4n) is 2.31. The molecule has 0 saturated carbocycles. The molecule has 20 heavy (non-hydrogen) atoms. The van der Waals surface area contributed by atoms with Crippen LogP contribution >= 0.6 is 0 Å². The minimum atomic E-state index is -0.111. The van der Waals surface area contributed by atoms with E-state index in [4.69, 9.17) is 0 Å². The number of H-pyrrole nitrogens is 2. The number of carbonyl (C=O) groups excluding carboxylic acids is 1. The highest BCUT2D eigenvalue weighted by Gasteiger charge is 2.10. The number of benzene rings is 1. The topological polar surface area (TPSA) is 73.6 Å². The number of aryl methyl sites for hydroxylation is 1. The van der Waals surface area contributed by atoms with E-state index in [1.807, 2.05) is 31.3 Å². The molecule has 1 aromatic carbocycles. The van der Waals surface area contributed by atoms with E-state index in [9.17, 15) is 4.79 Å². The van der Waals surface area contributed by atoms with E-state index in [0.29, 0.717) is 12.2 Å². The van der Waals surface area contributed by atoms with Crippen molar-refractivity contribution < 1.29 is 4.79 Å². The van der Waals surface area contributed by atoms with Crippen LogP contribution in [0.5, 0.6) is 0 Å². The summed E-state index contributed by atoms with van der Waals surface area (Å²) < 4.78 is 0. The first-order valence-corrected chi connectivity index (χ1v) is 6.59. The Morgan fingerprint density at radius 2 is 2.20 bits per heavy atom. The maximum atomic E-state index is 11.9. The third-order valence-electron chi connectivity index (χ3n) is 3.41. The molecule has 0 atom stereocenters. The zero-order valence-electron chi connectivity index (χ0n) is 11.2. The molecule has 0 unspecified atom stereocenters. The lowest BCUT2D eigenvalue weighted by atomic mass is 10.1.